The first-order valence-electron chi connectivity index (χ1n) is 10.9. The standard InChI is InChI=1S/C27H27N3O2/c1-19(13-14-21-9-5-3-6-10-21)28-26(31)23-15-16-25-24(17-23)29-20(2)27(32)30(25)18-22-11-7-4-8-12-22/h3-12,15-17,19H,13-14,18H2,1-2H3,(H,28,31)/t19-/m1/s1. The molecule has 162 valence electrons. The first-order chi connectivity index (χ1) is 15.5. The summed E-state index contributed by atoms with van der Waals surface area (Å²) in [5.74, 6) is -0.132. The third kappa shape index (κ3) is 4.94. The summed E-state index contributed by atoms with van der Waals surface area (Å²) in [6, 6.07) is 25.5. The van der Waals surface area contributed by atoms with Gasteiger partial charge >= 0.3 is 0 Å². The van der Waals surface area contributed by atoms with Crippen LogP contribution in [0.25, 0.3) is 11.0 Å². The molecule has 4 rings (SSSR count). The largest absolute Gasteiger partial charge is 0.350 e. The van der Waals surface area contributed by atoms with Gasteiger partial charge in [-0.3, -0.25) is 9.59 Å². The average Bonchev–Trinajstić information content (AvgIpc) is 2.81. The van der Waals surface area contributed by atoms with Crippen molar-refractivity contribution in [1.29, 1.82) is 0 Å². The van der Waals surface area contributed by atoms with Gasteiger partial charge in [-0.25, -0.2) is 4.98 Å². The molecule has 0 aliphatic heterocycles. The number of fused-ring (bicyclic) bond motifs is 1. The number of aromatic nitrogens is 2. The van der Waals surface area contributed by atoms with Gasteiger partial charge < -0.3 is 9.88 Å². The van der Waals surface area contributed by atoms with Gasteiger partial charge in [0, 0.05) is 11.6 Å². The lowest BCUT2D eigenvalue weighted by Crippen LogP contribution is -2.33. The molecule has 0 saturated carbocycles. The zero-order valence-electron chi connectivity index (χ0n) is 18.4. The molecule has 3 aromatic carbocycles. The van der Waals surface area contributed by atoms with E-state index < -0.39 is 0 Å². The van der Waals surface area contributed by atoms with Gasteiger partial charge in [-0.2, -0.15) is 0 Å². The Labute approximate surface area is 187 Å². The van der Waals surface area contributed by atoms with Crippen molar-refractivity contribution in [3.63, 3.8) is 0 Å². The van der Waals surface area contributed by atoms with Crippen molar-refractivity contribution < 1.29 is 4.79 Å². The van der Waals surface area contributed by atoms with Crippen molar-refractivity contribution in [1.82, 2.24) is 14.9 Å². The molecular weight excluding hydrogens is 398 g/mol. The Morgan fingerprint density at radius 1 is 0.969 bits per heavy atom. The van der Waals surface area contributed by atoms with Crippen molar-refractivity contribution in [2.24, 2.45) is 0 Å². The van der Waals surface area contributed by atoms with Crippen LogP contribution in [-0.2, 0) is 13.0 Å². The predicted octanol–water partition coefficient (Wildman–Crippen LogP) is 4.50. The minimum absolute atomic E-state index is 0.0418. The third-order valence-corrected chi connectivity index (χ3v) is 5.64. The Hall–Kier alpha value is -3.73. The first-order valence-corrected chi connectivity index (χ1v) is 10.9. The quantitative estimate of drug-likeness (QED) is 0.474. The highest BCUT2D eigenvalue weighted by Gasteiger charge is 2.14. The van der Waals surface area contributed by atoms with Crippen molar-refractivity contribution in [3.8, 4) is 0 Å². The second-order valence-corrected chi connectivity index (χ2v) is 8.18. The summed E-state index contributed by atoms with van der Waals surface area (Å²) in [7, 11) is 0. The van der Waals surface area contributed by atoms with Gasteiger partial charge in [0.2, 0.25) is 0 Å². The summed E-state index contributed by atoms with van der Waals surface area (Å²) < 4.78 is 1.72. The third-order valence-electron chi connectivity index (χ3n) is 5.64. The number of carbonyl (C=O) groups excluding carboxylic acids is 1. The van der Waals surface area contributed by atoms with Crippen LogP contribution in [0.4, 0.5) is 0 Å². The Balaban J connectivity index is 1.53. The molecule has 0 unspecified atom stereocenters. The van der Waals surface area contributed by atoms with Gasteiger partial charge in [0.05, 0.1) is 17.6 Å². The highest BCUT2D eigenvalue weighted by Crippen LogP contribution is 2.16. The van der Waals surface area contributed by atoms with Crippen molar-refractivity contribution in [3.05, 3.63) is 112 Å². The normalized spacial score (nSPS) is 11.9. The lowest BCUT2D eigenvalue weighted by atomic mass is 10.1. The van der Waals surface area contributed by atoms with Gasteiger partial charge in [-0.1, -0.05) is 60.7 Å². The number of nitrogens with zero attached hydrogens (tertiary/aromatic N) is 2. The van der Waals surface area contributed by atoms with Crippen LogP contribution in [0.1, 0.15) is 40.5 Å². The number of carbonyl (C=O) groups is 1. The van der Waals surface area contributed by atoms with Gasteiger partial charge in [-0.05, 0) is 56.0 Å². The number of hydrogen-bond donors (Lipinski definition) is 1. The second kappa shape index (κ2) is 9.60. The molecule has 0 aliphatic carbocycles. The van der Waals surface area contributed by atoms with Crippen molar-refractivity contribution >= 4 is 16.9 Å². The predicted molar refractivity (Wildman–Crippen MR) is 128 cm³/mol. The fraction of sp³-hybridized carbons (Fsp3) is 0.222. The molecule has 32 heavy (non-hydrogen) atoms. The Morgan fingerprint density at radius 3 is 2.31 bits per heavy atom. The summed E-state index contributed by atoms with van der Waals surface area (Å²) in [4.78, 5) is 30.1. The van der Waals surface area contributed by atoms with Crippen molar-refractivity contribution in [2.75, 3.05) is 0 Å². The maximum absolute atomic E-state index is 12.8. The molecule has 4 aromatic rings. The Bertz CT molecular complexity index is 1280. The number of hydrogen-bond acceptors (Lipinski definition) is 3. The molecule has 0 bridgehead atoms. The number of aryl methyl sites for hydroxylation is 2. The van der Waals surface area contributed by atoms with E-state index in [4.69, 9.17) is 0 Å². The minimum Gasteiger partial charge on any atom is -0.350 e. The van der Waals surface area contributed by atoms with Crippen LogP contribution >= 0.6 is 0 Å². The topological polar surface area (TPSA) is 64.0 Å². The summed E-state index contributed by atoms with van der Waals surface area (Å²) in [5, 5.41) is 3.08. The van der Waals surface area contributed by atoms with E-state index in [0.717, 1.165) is 23.9 Å². The van der Waals surface area contributed by atoms with Crippen LogP contribution in [0.2, 0.25) is 0 Å². The van der Waals surface area contributed by atoms with Crippen LogP contribution in [0.5, 0.6) is 0 Å². The summed E-state index contributed by atoms with van der Waals surface area (Å²) >= 11 is 0. The van der Waals surface area contributed by atoms with Crippen LogP contribution in [0.3, 0.4) is 0 Å². The molecule has 0 spiro atoms. The molecule has 5 nitrogen and oxygen atoms in total. The smallest absolute Gasteiger partial charge is 0.272 e. The van der Waals surface area contributed by atoms with Gasteiger partial charge in [0.15, 0.2) is 0 Å². The summed E-state index contributed by atoms with van der Waals surface area (Å²) in [5.41, 5.74) is 4.50. The van der Waals surface area contributed by atoms with E-state index >= 15 is 0 Å². The highest BCUT2D eigenvalue weighted by molar-refractivity contribution is 5.97. The molecule has 5 heteroatoms. The molecule has 1 amide bonds. The molecule has 1 aromatic heterocycles. The fourth-order valence-corrected chi connectivity index (χ4v) is 3.85. The maximum Gasteiger partial charge on any atom is 0.272 e. The van der Waals surface area contributed by atoms with E-state index in [0.29, 0.717) is 23.3 Å². The molecule has 0 fully saturated rings. The van der Waals surface area contributed by atoms with Crippen LogP contribution in [0, 0.1) is 6.92 Å². The molecular formula is C27H27N3O2. The molecule has 1 heterocycles. The second-order valence-electron chi connectivity index (χ2n) is 8.18. The zero-order chi connectivity index (χ0) is 22.5. The highest BCUT2D eigenvalue weighted by atomic mass is 16.1. The fourth-order valence-electron chi connectivity index (χ4n) is 3.85. The van der Waals surface area contributed by atoms with Gasteiger partial charge in [0.1, 0.15) is 5.69 Å². The van der Waals surface area contributed by atoms with Crippen molar-refractivity contribution in [2.45, 2.75) is 39.3 Å². The number of benzene rings is 3. The number of nitrogens with one attached hydrogen (secondary N) is 1. The molecule has 0 radical (unpaired) electrons. The zero-order valence-corrected chi connectivity index (χ0v) is 18.4. The molecule has 1 N–H and O–H groups in total. The van der Waals surface area contributed by atoms with E-state index in [2.05, 4.69) is 22.4 Å². The summed E-state index contributed by atoms with van der Waals surface area (Å²) in [6.07, 6.45) is 1.77. The number of amides is 1. The molecule has 0 saturated heterocycles. The lowest BCUT2D eigenvalue weighted by Gasteiger charge is -2.15. The monoisotopic (exact) mass is 425 g/mol. The Morgan fingerprint density at radius 2 is 1.62 bits per heavy atom. The maximum atomic E-state index is 12.8. The van der Waals surface area contributed by atoms with E-state index in [1.165, 1.54) is 5.56 Å². The first kappa shape index (κ1) is 21.5. The number of rotatable bonds is 7. The van der Waals surface area contributed by atoms with Crippen LogP contribution in [0.15, 0.2) is 83.7 Å². The Kier molecular flexibility index (Phi) is 6.45. The SMILES string of the molecule is Cc1nc2cc(C(=O)N[C@H](C)CCc3ccccc3)ccc2n(Cc2ccccc2)c1=O. The summed E-state index contributed by atoms with van der Waals surface area (Å²) in [6.45, 7) is 4.19. The van der Waals surface area contributed by atoms with Crippen LogP contribution < -0.4 is 10.9 Å². The van der Waals surface area contributed by atoms with E-state index in [-0.39, 0.29) is 17.5 Å². The van der Waals surface area contributed by atoms with E-state index in [1.54, 1.807) is 23.6 Å². The lowest BCUT2D eigenvalue weighted by molar-refractivity contribution is 0.0938. The molecule has 1 atom stereocenters. The average molecular weight is 426 g/mol. The van der Waals surface area contributed by atoms with E-state index in [1.807, 2.05) is 61.5 Å². The van der Waals surface area contributed by atoms with Crippen LogP contribution in [-0.4, -0.2) is 21.5 Å². The molecule has 0 aliphatic rings. The van der Waals surface area contributed by atoms with E-state index in [9.17, 15) is 9.59 Å². The minimum atomic E-state index is -0.132. The van der Waals surface area contributed by atoms with Gasteiger partial charge in [0.25, 0.3) is 11.5 Å². The van der Waals surface area contributed by atoms with Gasteiger partial charge in [-0.15, -0.1) is 0 Å².